The molecule has 114 valence electrons. The third-order valence-corrected chi connectivity index (χ3v) is 3.19. The Morgan fingerprint density at radius 1 is 1.30 bits per heavy atom. The normalized spacial score (nSPS) is 10.9. The summed E-state index contributed by atoms with van der Waals surface area (Å²) in [5, 5.41) is 6.41. The van der Waals surface area contributed by atoms with E-state index in [1.54, 1.807) is 7.05 Å². The highest BCUT2D eigenvalue weighted by molar-refractivity contribution is 14.0. The number of hydrogen-bond acceptors (Lipinski definition) is 1. The van der Waals surface area contributed by atoms with E-state index in [0.717, 1.165) is 48.3 Å². The molecule has 3 nitrogen and oxygen atoms in total. The van der Waals surface area contributed by atoms with Crippen LogP contribution in [0.2, 0.25) is 0 Å². The quantitative estimate of drug-likeness (QED) is 0.295. The Balaban J connectivity index is 0.00000361. The van der Waals surface area contributed by atoms with E-state index in [2.05, 4.69) is 38.5 Å². The molecule has 0 fully saturated rings. The van der Waals surface area contributed by atoms with Gasteiger partial charge in [0.25, 0.3) is 0 Å². The van der Waals surface area contributed by atoms with Gasteiger partial charge in [0.05, 0.1) is 0 Å². The molecule has 20 heavy (non-hydrogen) atoms. The lowest BCUT2D eigenvalue weighted by Crippen LogP contribution is -2.38. The topological polar surface area (TPSA) is 36.4 Å². The van der Waals surface area contributed by atoms with Crippen LogP contribution in [0.3, 0.4) is 0 Å². The molecule has 0 aromatic heterocycles. The predicted molar refractivity (Wildman–Crippen MR) is 97.5 cm³/mol. The third kappa shape index (κ3) is 7.42. The van der Waals surface area contributed by atoms with Crippen molar-refractivity contribution in [1.82, 2.24) is 10.6 Å². The van der Waals surface area contributed by atoms with Crippen molar-refractivity contribution < 1.29 is 4.39 Å². The second-order valence-electron chi connectivity index (χ2n) is 4.27. The molecule has 0 aliphatic carbocycles. The van der Waals surface area contributed by atoms with Gasteiger partial charge >= 0.3 is 0 Å². The zero-order valence-corrected chi connectivity index (χ0v) is 15.8. The zero-order chi connectivity index (χ0) is 14.1. The lowest BCUT2D eigenvalue weighted by molar-refractivity contribution is 0.601. The average molecular weight is 458 g/mol. The predicted octanol–water partition coefficient (Wildman–Crippen LogP) is 3.71. The molecule has 0 radical (unpaired) electrons. The Kier molecular flexibility index (Phi) is 11.1. The largest absolute Gasteiger partial charge is 0.356 e. The summed E-state index contributed by atoms with van der Waals surface area (Å²) in [6, 6.07) is 5.20. The number of benzene rings is 1. The van der Waals surface area contributed by atoms with Gasteiger partial charge in [-0.2, -0.15) is 0 Å². The average Bonchev–Trinajstić information content (AvgIpc) is 2.40. The van der Waals surface area contributed by atoms with Crippen molar-refractivity contribution in [2.45, 2.75) is 26.2 Å². The zero-order valence-electron chi connectivity index (χ0n) is 11.9. The lowest BCUT2D eigenvalue weighted by atomic mass is 10.1. The lowest BCUT2D eigenvalue weighted by Gasteiger charge is -2.11. The van der Waals surface area contributed by atoms with Crippen LogP contribution in [0.5, 0.6) is 0 Å². The molecule has 0 aliphatic heterocycles. The molecule has 0 bridgehead atoms. The van der Waals surface area contributed by atoms with Gasteiger partial charge in [-0.1, -0.05) is 28.9 Å². The van der Waals surface area contributed by atoms with Crippen molar-refractivity contribution in [2.75, 3.05) is 20.1 Å². The molecule has 0 aliphatic rings. The monoisotopic (exact) mass is 457 g/mol. The third-order valence-electron chi connectivity index (χ3n) is 2.70. The first kappa shape index (κ1) is 19.6. The standard InChI is InChI=1S/C14H21BrFN3.HI/c1-3-8-18-14(17-2)19-9-4-5-11-6-7-12(15)10-13(11)16;/h6-7,10H,3-5,8-9H2,1-2H3,(H2,17,18,19);1H. The van der Waals surface area contributed by atoms with Crippen LogP contribution in [0.4, 0.5) is 4.39 Å². The maximum Gasteiger partial charge on any atom is 0.190 e. The van der Waals surface area contributed by atoms with Gasteiger partial charge < -0.3 is 10.6 Å². The first-order valence-electron chi connectivity index (χ1n) is 6.55. The van der Waals surface area contributed by atoms with E-state index in [4.69, 9.17) is 0 Å². The summed E-state index contributed by atoms with van der Waals surface area (Å²) in [4.78, 5) is 4.11. The van der Waals surface area contributed by atoms with Gasteiger partial charge in [0.2, 0.25) is 0 Å². The van der Waals surface area contributed by atoms with Crippen LogP contribution in [0.15, 0.2) is 27.7 Å². The highest BCUT2D eigenvalue weighted by Gasteiger charge is 2.02. The van der Waals surface area contributed by atoms with Crippen molar-refractivity contribution in [3.8, 4) is 0 Å². The summed E-state index contributed by atoms with van der Waals surface area (Å²) in [5.74, 6) is 0.654. The maximum absolute atomic E-state index is 13.6. The van der Waals surface area contributed by atoms with Crippen LogP contribution in [0.1, 0.15) is 25.3 Å². The first-order chi connectivity index (χ1) is 9.17. The molecule has 6 heteroatoms. The van der Waals surface area contributed by atoms with Crippen LogP contribution >= 0.6 is 39.9 Å². The summed E-state index contributed by atoms with van der Waals surface area (Å²) in [6.07, 6.45) is 2.65. The number of guanidine groups is 1. The molecule has 1 aromatic rings. The van der Waals surface area contributed by atoms with Crippen LogP contribution in [0.25, 0.3) is 0 Å². The number of aliphatic imine (C=N–C) groups is 1. The van der Waals surface area contributed by atoms with E-state index in [9.17, 15) is 4.39 Å². The number of nitrogens with zero attached hydrogens (tertiary/aromatic N) is 1. The van der Waals surface area contributed by atoms with E-state index < -0.39 is 0 Å². The van der Waals surface area contributed by atoms with Gasteiger partial charge in [0, 0.05) is 24.6 Å². The van der Waals surface area contributed by atoms with E-state index in [1.807, 2.05) is 12.1 Å². The smallest absolute Gasteiger partial charge is 0.190 e. The minimum atomic E-state index is -0.150. The number of rotatable bonds is 6. The van der Waals surface area contributed by atoms with Crippen molar-refractivity contribution in [3.63, 3.8) is 0 Å². The Morgan fingerprint density at radius 2 is 2.00 bits per heavy atom. The molecule has 0 saturated heterocycles. The molecule has 1 rings (SSSR count). The van der Waals surface area contributed by atoms with Crippen LogP contribution in [0, 0.1) is 5.82 Å². The second kappa shape index (κ2) is 11.3. The van der Waals surface area contributed by atoms with Crippen LogP contribution in [-0.4, -0.2) is 26.1 Å². The van der Waals surface area contributed by atoms with Crippen molar-refractivity contribution in [1.29, 1.82) is 0 Å². The molecular weight excluding hydrogens is 436 g/mol. The summed E-state index contributed by atoms with van der Waals surface area (Å²) >= 11 is 3.25. The minimum absolute atomic E-state index is 0. The molecule has 0 saturated carbocycles. The Morgan fingerprint density at radius 3 is 2.60 bits per heavy atom. The Hall–Kier alpha value is -0.370. The summed E-state index contributed by atoms with van der Waals surface area (Å²) < 4.78 is 14.4. The fraction of sp³-hybridized carbons (Fsp3) is 0.500. The van der Waals surface area contributed by atoms with Crippen molar-refractivity contribution >= 4 is 45.9 Å². The first-order valence-corrected chi connectivity index (χ1v) is 7.35. The van der Waals surface area contributed by atoms with Gasteiger partial charge in [-0.05, 0) is 37.0 Å². The molecule has 0 unspecified atom stereocenters. The molecule has 0 amide bonds. The van der Waals surface area contributed by atoms with Gasteiger partial charge in [-0.3, -0.25) is 4.99 Å². The Labute approximate surface area is 146 Å². The van der Waals surface area contributed by atoms with Crippen molar-refractivity contribution in [3.05, 3.63) is 34.1 Å². The number of hydrogen-bond donors (Lipinski definition) is 2. The van der Waals surface area contributed by atoms with Crippen LogP contribution < -0.4 is 10.6 Å². The summed E-state index contributed by atoms with van der Waals surface area (Å²) in [5.41, 5.74) is 0.751. The highest BCUT2D eigenvalue weighted by atomic mass is 127. The van der Waals surface area contributed by atoms with Crippen LogP contribution in [-0.2, 0) is 6.42 Å². The second-order valence-corrected chi connectivity index (χ2v) is 5.18. The van der Waals surface area contributed by atoms with Crippen molar-refractivity contribution in [2.24, 2.45) is 4.99 Å². The van der Waals surface area contributed by atoms with E-state index >= 15 is 0 Å². The molecule has 0 spiro atoms. The van der Waals surface area contributed by atoms with Gasteiger partial charge in [-0.25, -0.2) is 4.39 Å². The number of nitrogens with one attached hydrogen (secondary N) is 2. The number of aryl methyl sites for hydroxylation is 1. The van der Waals surface area contributed by atoms with Gasteiger partial charge in [0.1, 0.15) is 5.82 Å². The fourth-order valence-electron chi connectivity index (χ4n) is 1.67. The molecular formula is C14H22BrFIN3. The summed E-state index contributed by atoms with van der Waals surface area (Å²) in [7, 11) is 1.75. The molecule has 0 atom stereocenters. The minimum Gasteiger partial charge on any atom is -0.356 e. The van der Waals surface area contributed by atoms with Gasteiger partial charge in [-0.15, -0.1) is 24.0 Å². The molecule has 2 N–H and O–H groups in total. The van der Waals surface area contributed by atoms with Gasteiger partial charge in [0.15, 0.2) is 5.96 Å². The number of halogens is 3. The molecule has 1 aromatic carbocycles. The molecule has 0 heterocycles. The van der Waals surface area contributed by atoms with E-state index in [0.29, 0.717) is 0 Å². The SMILES string of the molecule is CCCNC(=NC)NCCCc1ccc(Br)cc1F.I. The van der Waals surface area contributed by atoms with E-state index in [-0.39, 0.29) is 29.8 Å². The highest BCUT2D eigenvalue weighted by Crippen LogP contribution is 2.16. The van der Waals surface area contributed by atoms with E-state index in [1.165, 1.54) is 6.07 Å². The maximum atomic E-state index is 13.6. The summed E-state index contributed by atoms with van der Waals surface area (Å²) in [6.45, 7) is 3.79. The Bertz CT molecular complexity index is 427. The fourth-order valence-corrected chi connectivity index (χ4v) is 2.01.